The van der Waals surface area contributed by atoms with E-state index < -0.39 is 0 Å². The Hall–Kier alpha value is -2.27. The standard InChI is InChI=1S/C20H24ClNO4/c1-14-12-16(21)5-4-15(14)13-18-7-6-17(8-9-19(23)25-2)22(18)11-10-20(24)26-3/h4-7,12H,8-11,13H2,1-3H3. The molecule has 1 heterocycles. The predicted molar refractivity (Wildman–Crippen MR) is 100 cm³/mol. The van der Waals surface area contributed by atoms with Crippen LogP contribution < -0.4 is 0 Å². The molecule has 1 aromatic heterocycles. The lowest BCUT2D eigenvalue weighted by Crippen LogP contribution is -2.13. The molecular formula is C20H24ClNO4. The van der Waals surface area contributed by atoms with Crippen molar-refractivity contribution in [2.75, 3.05) is 14.2 Å². The molecular weight excluding hydrogens is 354 g/mol. The summed E-state index contributed by atoms with van der Waals surface area (Å²) in [6, 6.07) is 9.88. The number of carbonyl (C=O) groups excluding carboxylic acids is 2. The molecule has 0 atom stereocenters. The first-order valence-electron chi connectivity index (χ1n) is 8.50. The maximum Gasteiger partial charge on any atom is 0.307 e. The van der Waals surface area contributed by atoms with Crippen LogP contribution >= 0.6 is 11.6 Å². The maximum absolute atomic E-state index is 11.6. The zero-order chi connectivity index (χ0) is 19.1. The number of hydrogen-bond donors (Lipinski definition) is 0. The van der Waals surface area contributed by atoms with Crippen LogP contribution in [0.15, 0.2) is 30.3 Å². The van der Waals surface area contributed by atoms with Gasteiger partial charge < -0.3 is 14.0 Å². The number of esters is 2. The third-order valence-electron chi connectivity index (χ3n) is 4.42. The number of benzene rings is 1. The summed E-state index contributed by atoms with van der Waals surface area (Å²) in [5.74, 6) is -0.507. The first kappa shape index (κ1) is 20.0. The van der Waals surface area contributed by atoms with Crippen molar-refractivity contribution in [1.29, 1.82) is 0 Å². The van der Waals surface area contributed by atoms with Gasteiger partial charge in [0.2, 0.25) is 0 Å². The second kappa shape index (κ2) is 9.43. The lowest BCUT2D eigenvalue weighted by Gasteiger charge is -2.14. The highest BCUT2D eigenvalue weighted by atomic mass is 35.5. The van der Waals surface area contributed by atoms with Gasteiger partial charge in [-0.1, -0.05) is 17.7 Å². The van der Waals surface area contributed by atoms with E-state index in [1.165, 1.54) is 19.8 Å². The van der Waals surface area contributed by atoms with E-state index in [1.54, 1.807) is 0 Å². The van der Waals surface area contributed by atoms with Crippen LogP contribution in [0.5, 0.6) is 0 Å². The number of halogens is 1. The zero-order valence-corrected chi connectivity index (χ0v) is 16.1. The van der Waals surface area contributed by atoms with E-state index in [1.807, 2.05) is 37.3 Å². The van der Waals surface area contributed by atoms with E-state index in [9.17, 15) is 9.59 Å². The summed E-state index contributed by atoms with van der Waals surface area (Å²) in [6.07, 6.45) is 1.87. The van der Waals surface area contributed by atoms with Crippen molar-refractivity contribution in [1.82, 2.24) is 4.57 Å². The number of methoxy groups -OCH3 is 2. The van der Waals surface area contributed by atoms with E-state index in [-0.39, 0.29) is 18.4 Å². The third-order valence-corrected chi connectivity index (χ3v) is 4.65. The highest BCUT2D eigenvalue weighted by molar-refractivity contribution is 6.30. The molecule has 0 saturated heterocycles. The summed E-state index contributed by atoms with van der Waals surface area (Å²) >= 11 is 6.04. The smallest absolute Gasteiger partial charge is 0.307 e. The number of carbonyl (C=O) groups is 2. The molecule has 0 spiro atoms. The first-order chi connectivity index (χ1) is 12.4. The topological polar surface area (TPSA) is 57.5 Å². The Morgan fingerprint density at radius 3 is 2.31 bits per heavy atom. The molecule has 0 amide bonds. The Morgan fingerprint density at radius 2 is 1.65 bits per heavy atom. The molecule has 0 N–H and O–H groups in total. The summed E-state index contributed by atoms with van der Waals surface area (Å²) in [6.45, 7) is 2.54. The lowest BCUT2D eigenvalue weighted by atomic mass is 10.0. The van der Waals surface area contributed by atoms with Crippen LogP contribution in [-0.2, 0) is 38.4 Å². The summed E-state index contributed by atoms with van der Waals surface area (Å²) in [5.41, 5.74) is 4.38. The number of hydrogen-bond acceptors (Lipinski definition) is 4. The van der Waals surface area contributed by atoms with E-state index in [0.717, 1.165) is 23.4 Å². The quantitative estimate of drug-likeness (QED) is 0.658. The van der Waals surface area contributed by atoms with Gasteiger partial charge >= 0.3 is 11.9 Å². The summed E-state index contributed by atoms with van der Waals surface area (Å²) in [4.78, 5) is 23.0. The fourth-order valence-electron chi connectivity index (χ4n) is 2.91. The van der Waals surface area contributed by atoms with Gasteiger partial charge in [0.15, 0.2) is 0 Å². The van der Waals surface area contributed by atoms with E-state index >= 15 is 0 Å². The minimum atomic E-state index is -0.258. The van der Waals surface area contributed by atoms with E-state index in [4.69, 9.17) is 21.1 Å². The zero-order valence-electron chi connectivity index (χ0n) is 15.4. The fraction of sp³-hybridized carbons (Fsp3) is 0.400. The summed E-state index contributed by atoms with van der Waals surface area (Å²) in [5, 5.41) is 0.714. The minimum Gasteiger partial charge on any atom is -0.469 e. The molecule has 140 valence electrons. The Kier molecular flexibility index (Phi) is 7.27. The van der Waals surface area contributed by atoms with Crippen molar-refractivity contribution >= 4 is 23.5 Å². The van der Waals surface area contributed by atoms with Gasteiger partial charge in [-0.3, -0.25) is 9.59 Å². The van der Waals surface area contributed by atoms with Crippen LogP contribution in [0.3, 0.4) is 0 Å². The lowest BCUT2D eigenvalue weighted by molar-refractivity contribution is -0.141. The molecule has 1 aromatic carbocycles. The third kappa shape index (κ3) is 5.36. The first-order valence-corrected chi connectivity index (χ1v) is 8.88. The van der Waals surface area contributed by atoms with E-state index in [2.05, 4.69) is 4.57 Å². The van der Waals surface area contributed by atoms with Gasteiger partial charge in [-0.05, 0) is 48.7 Å². The Bertz CT molecular complexity index is 782. The molecule has 26 heavy (non-hydrogen) atoms. The van der Waals surface area contributed by atoms with Crippen molar-refractivity contribution in [3.05, 3.63) is 57.9 Å². The monoisotopic (exact) mass is 377 g/mol. The van der Waals surface area contributed by atoms with Gasteiger partial charge in [0, 0.05) is 29.4 Å². The van der Waals surface area contributed by atoms with Gasteiger partial charge in [0.25, 0.3) is 0 Å². The normalized spacial score (nSPS) is 10.6. The molecule has 5 nitrogen and oxygen atoms in total. The van der Waals surface area contributed by atoms with Crippen molar-refractivity contribution in [2.45, 2.75) is 39.2 Å². The summed E-state index contributed by atoms with van der Waals surface area (Å²) in [7, 11) is 2.77. The molecule has 0 fully saturated rings. The molecule has 2 rings (SSSR count). The van der Waals surface area contributed by atoms with Crippen LogP contribution in [0, 0.1) is 6.92 Å². The molecule has 0 bridgehead atoms. The molecule has 2 aromatic rings. The van der Waals surface area contributed by atoms with Gasteiger partial charge in [0.05, 0.1) is 27.1 Å². The van der Waals surface area contributed by atoms with Crippen LogP contribution in [-0.4, -0.2) is 30.7 Å². The van der Waals surface area contributed by atoms with Crippen LogP contribution in [0.2, 0.25) is 5.02 Å². The summed E-state index contributed by atoms with van der Waals surface area (Å²) < 4.78 is 11.6. The van der Waals surface area contributed by atoms with Gasteiger partial charge in [-0.15, -0.1) is 0 Å². The number of ether oxygens (including phenoxy) is 2. The second-order valence-corrected chi connectivity index (χ2v) is 6.55. The van der Waals surface area contributed by atoms with Crippen molar-refractivity contribution in [2.24, 2.45) is 0 Å². The van der Waals surface area contributed by atoms with Crippen molar-refractivity contribution in [3.8, 4) is 0 Å². The van der Waals surface area contributed by atoms with Gasteiger partial charge in [-0.2, -0.15) is 0 Å². The molecule has 0 aliphatic rings. The largest absolute Gasteiger partial charge is 0.469 e. The molecule has 0 saturated carbocycles. The van der Waals surface area contributed by atoms with Crippen molar-refractivity contribution < 1.29 is 19.1 Å². The highest BCUT2D eigenvalue weighted by Gasteiger charge is 2.13. The number of nitrogens with zero attached hydrogens (tertiary/aromatic N) is 1. The van der Waals surface area contributed by atoms with Gasteiger partial charge in [0.1, 0.15) is 0 Å². The predicted octanol–water partition coefficient (Wildman–Crippen LogP) is 3.71. The molecule has 0 aliphatic carbocycles. The molecule has 0 aliphatic heterocycles. The maximum atomic E-state index is 11.6. The Labute approximate surface area is 158 Å². The number of rotatable bonds is 8. The average molecular weight is 378 g/mol. The van der Waals surface area contributed by atoms with Crippen molar-refractivity contribution in [3.63, 3.8) is 0 Å². The van der Waals surface area contributed by atoms with Crippen LogP contribution in [0.4, 0.5) is 0 Å². The highest BCUT2D eigenvalue weighted by Crippen LogP contribution is 2.21. The fourth-order valence-corrected chi connectivity index (χ4v) is 3.13. The van der Waals surface area contributed by atoms with Gasteiger partial charge in [-0.25, -0.2) is 0 Å². The Balaban J connectivity index is 2.24. The molecule has 0 radical (unpaired) electrons. The number of aryl methyl sites for hydroxylation is 2. The molecule has 6 heteroatoms. The average Bonchev–Trinajstić information content (AvgIpc) is 3.01. The molecule has 0 unspecified atom stereocenters. The van der Waals surface area contributed by atoms with E-state index in [0.29, 0.717) is 24.4 Å². The second-order valence-electron chi connectivity index (χ2n) is 6.12. The Morgan fingerprint density at radius 1 is 1.00 bits per heavy atom. The SMILES string of the molecule is COC(=O)CCc1ccc(Cc2ccc(Cl)cc2C)n1CCC(=O)OC. The number of aromatic nitrogens is 1. The van der Waals surface area contributed by atoms with Crippen LogP contribution in [0.1, 0.15) is 35.4 Å². The van der Waals surface area contributed by atoms with Crippen LogP contribution in [0.25, 0.3) is 0 Å². The minimum absolute atomic E-state index is 0.249.